The van der Waals surface area contributed by atoms with Crippen molar-refractivity contribution in [2.24, 2.45) is 5.73 Å². The Kier molecular flexibility index (Phi) is 5.72. The predicted molar refractivity (Wildman–Crippen MR) is 79.4 cm³/mol. The molecule has 0 aliphatic carbocycles. The summed E-state index contributed by atoms with van der Waals surface area (Å²) in [5.74, 6) is 1.90. The molecule has 0 amide bonds. The number of hydrogen-bond donors (Lipinski definition) is 1. The number of hydrogen-bond acceptors (Lipinski definition) is 4. The van der Waals surface area contributed by atoms with Gasteiger partial charge in [0.1, 0.15) is 5.75 Å². The third-order valence-corrected chi connectivity index (χ3v) is 3.61. The molecular weight excluding hydrogens is 256 g/mol. The van der Waals surface area contributed by atoms with Crippen molar-refractivity contribution in [3.05, 3.63) is 54.2 Å². The van der Waals surface area contributed by atoms with Gasteiger partial charge in [-0.15, -0.1) is 11.8 Å². The summed E-state index contributed by atoms with van der Waals surface area (Å²) in [5, 5.41) is 1.06. The van der Waals surface area contributed by atoms with E-state index in [1.165, 1.54) is 0 Å². The Balaban J connectivity index is 1.66. The highest BCUT2D eigenvalue weighted by Crippen LogP contribution is 2.16. The Labute approximate surface area is 118 Å². The highest BCUT2D eigenvalue weighted by atomic mass is 32.2. The van der Waals surface area contributed by atoms with Crippen LogP contribution in [0.2, 0.25) is 0 Å². The summed E-state index contributed by atoms with van der Waals surface area (Å²) >= 11 is 1.75. The molecule has 2 aromatic rings. The molecule has 2 rings (SSSR count). The minimum Gasteiger partial charge on any atom is -0.494 e. The molecule has 0 saturated carbocycles. The maximum atomic E-state index is 5.70. The Morgan fingerprint density at radius 3 is 2.89 bits per heavy atom. The van der Waals surface area contributed by atoms with Gasteiger partial charge in [0.25, 0.3) is 0 Å². The first-order valence-corrected chi connectivity index (χ1v) is 7.32. The molecule has 3 nitrogen and oxygen atoms in total. The molecule has 0 aliphatic rings. The summed E-state index contributed by atoms with van der Waals surface area (Å²) in [4.78, 5) is 4.27. The molecule has 0 saturated heterocycles. The molecule has 0 spiro atoms. The highest BCUT2D eigenvalue weighted by molar-refractivity contribution is 7.99. The Bertz CT molecular complexity index is 491. The van der Waals surface area contributed by atoms with Crippen LogP contribution >= 0.6 is 11.8 Å². The van der Waals surface area contributed by atoms with Gasteiger partial charge in [0, 0.05) is 18.5 Å². The molecule has 4 heteroatoms. The molecule has 0 atom stereocenters. The summed E-state index contributed by atoms with van der Waals surface area (Å²) in [6, 6.07) is 13.9. The van der Waals surface area contributed by atoms with Crippen molar-refractivity contribution in [3.63, 3.8) is 0 Å². The second-order valence-electron chi connectivity index (χ2n) is 4.07. The lowest BCUT2D eigenvalue weighted by molar-refractivity contribution is 0.318. The number of pyridine rings is 1. The van der Waals surface area contributed by atoms with Crippen LogP contribution in [0, 0.1) is 0 Å². The third kappa shape index (κ3) is 4.93. The number of rotatable bonds is 7. The van der Waals surface area contributed by atoms with Gasteiger partial charge in [0.2, 0.25) is 0 Å². The van der Waals surface area contributed by atoms with Gasteiger partial charge in [-0.1, -0.05) is 18.2 Å². The van der Waals surface area contributed by atoms with Crippen LogP contribution in [0.1, 0.15) is 12.0 Å². The zero-order valence-electron chi connectivity index (χ0n) is 10.8. The van der Waals surface area contributed by atoms with Crippen LogP contribution in [-0.2, 0) is 6.54 Å². The molecule has 0 radical (unpaired) electrons. The van der Waals surface area contributed by atoms with Crippen molar-refractivity contribution in [1.29, 1.82) is 0 Å². The van der Waals surface area contributed by atoms with Crippen molar-refractivity contribution in [1.82, 2.24) is 4.98 Å². The number of aromatic nitrogens is 1. The van der Waals surface area contributed by atoms with Gasteiger partial charge in [-0.3, -0.25) is 0 Å². The van der Waals surface area contributed by atoms with E-state index in [1.54, 1.807) is 11.8 Å². The summed E-state index contributed by atoms with van der Waals surface area (Å²) in [6.45, 7) is 1.26. The molecule has 19 heavy (non-hydrogen) atoms. The predicted octanol–water partition coefficient (Wildman–Crippen LogP) is 3.10. The van der Waals surface area contributed by atoms with E-state index < -0.39 is 0 Å². The molecular formula is C15H18N2OS. The van der Waals surface area contributed by atoms with Crippen LogP contribution in [0.15, 0.2) is 53.7 Å². The number of benzene rings is 1. The van der Waals surface area contributed by atoms with Gasteiger partial charge >= 0.3 is 0 Å². The van der Waals surface area contributed by atoms with Gasteiger partial charge in [-0.25, -0.2) is 4.98 Å². The number of thioether (sulfide) groups is 1. The van der Waals surface area contributed by atoms with Gasteiger partial charge < -0.3 is 10.5 Å². The van der Waals surface area contributed by atoms with Crippen LogP contribution in [0.4, 0.5) is 0 Å². The fourth-order valence-corrected chi connectivity index (χ4v) is 2.40. The second kappa shape index (κ2) is 7.81. The lowest BCUT2D eigenvalue weighted by Gasteiger charge is -2.07. The van der Waals surface area contributed by atoms with Crippen LogP contribution in [-0.4, -0.2) is 17.3 Å². The second-order valence-corrected chi connectivity index (χ2v) is 5.19. The lowest BCUT2D eigenvalue weighted by atomic mass is 10.2. The van der Waals surface area contributed by atoms with Crippen molar-refractivity contribution in [2.75, 3.05) is 12.4 Å². The average molecular weight is 274 g/mol. The van der Waals surface area contributed by atoms with E-state index in [2.05, 4.69) is 4.98 Å². The first-order valence-electron chi connectivity index (χ1n) is 6.34. The van der Waals surface area contributed by atoms with Crippen LogP contribution in [0.3, 0.4) is 0 Å². The number of nitrogens with two attached hydrogens (primary N) is 1. The zero-order chi connectivity index (χ0) is 13.3. The summed E-state index contributed by atoms with van der Waals surface area (Å²) in [7, 11) is 0. The van der Waals surface area contributed by atoms with E-state index in [-0.39, 0.29) is 0 Å². The van der Waals surface area contributed by atoms with Crippen molar-refractivity contribution in [3.8, 4) is 5.75 Å². The Morgan fingerprint density at radius 1 is 1.16 bits per heavy atom. The fourth-order valence-electron chi connectivity index (χ4n) is 1.62. The first-order chi connectivity index (χ1) is 9.38. The van der Waals surface area contributed by atoms with Crippen LogP contribution in [0.25, 0.3) is 0 Å². The minimum atomic E-state index is 0.548. The van der Waals surface area contributed by atoms with Gasteiger partial charge in [-0.2, -0.15) is 0 Å². The minimum absolute atomic E-state index is 0.548. The topological polar surface area (TPSA) is 48.1 Å². The molecule has 1 aromatic heterocycles. The quantitative estimate of drug-likeness (QED) is 0.622. The highest BCUT2D eigenvalue weighted by Gasteiger charge is 1.97. The summed E-state index contributed by atoms with van der Waals surface area (Å²) in [5.41, 5.74) is 6.69. The lowest BCUT2D eigenvalue weighted by Crippen LogP contribution is -2.01. The summed E-state index contributed by atoms with van der Waals surface area (Å²) < 4.78 is 5.70. The van der Waals surface area contributed by atoms with E-state index >= 15 is 0 Å². The molecule has 2 N–H and O–H groups in total. The van der Waals surface area contributed by atoms with E-state index in [1.807, 2.05) is 48.7 Å². The van der Waals surface area contributed by atoms with E-state index in [0.717, 1.165) is 28.5 Å². The van der Waals surface area contributed by atoms with E-state index in [4.69, 9.17) is 10.5 Å². The standard InChI is InChI=1S/C15H18N2OS/c16-12-13-5-3-6-14(11-13)18-9-4-10-19-15-7-1-2-8-17-15/h1-3,5-8,11H,4,9-10,12,16H2. The summed E-state index contributed by atoms with van der Waals surface area (Å²) in [6.07, 6.45) is 2.81. The largest absolute Gasteiger partial charge is 0.494 e. The van der Waals surface area contributed by atoms with Crippen LogP contribution < -0.4 is 10.5 Å². The first kappa shape index (κ1) is 13.9. The third-order valence-electron chi connectivity index (χ3n) is 2.58. The molecule has 0 bridgehead atoms. The molecule has 0 fully saturated rings. The SMILES string of the molecule is NCc1cccc(OCCCSc2ccccn2)c1. The smallest absolute Gasteiger partial charge is 0.119 e. The normalized spacial score (nSPS) is 10.4. The molecule has 0 aliphatic heterocycles. The molecule has 1 heterocycles. The van der Waals surface area contributed by atoms with E-state index in [0.29, 0.717) is 13.2 Å². The Hall–Kier alpha value is -1.52. The maximum Gasteiger partial charge on any atom is 0.119 e. The monoisotopic (exact) mass is 274 g/mol. The van der Waals surface area contributed by atoms with Crippen molar-refractivity contribution >= 4 is 11.8 Å². The Morgan fingerprint density at radius 2 is 2.11 bits per heavy atom. The van der Waals surface area contributed by atoms with Gasteiger partial charge in [-0.05, 0) is 36.2 Å². The maximum absolute atomic E-state index is 5.70. The van der Waals surface area contributed by atoms with Crippen molar-refractivity contribution < 1.29 is 4.74 Å². The van der Waals surface area contributed by atoms with E-state index in [9.17, 15) is 0 Å². The number of nitrogens with zero attached hydrogens (tertiary/aromatic N) is 1. The molecule has 100 valence electrons. The number of ether oxygens (including phenoxy) is 1. The van der Waals surface area contributed by atoms with Gasteiger partial charge in [0.05, 0.1) is 11.6 Å². The molecule has 0 unspecified atom stereocenters. The molecule has 1 aromatic carbocycles. The fraction of sp³-hybridized carbons (Fsp3) is 0.267. The van der Waals surface area contributed by atoms with Gasteiger partial charge in [0.15, 0.2) is 0 Å². The van der Waals surface area contributed by atoms with Crippen molar-refractivity contribution in [2.45, 2.75) is 18.0 Å². The zero-order valence-corrected chi connectivity index (χ0v) is 11.6. The van der Waals surface area contributed by atoms with Crippen LogP contribution in [0.5, 0.6) is 5.75 Å². The average Bonchev–Trinajstić information content (AvgIpc) is 2.48.